The van der Waals surface area contributed by atoms with Crippen LogP contribution in [0.4, 0.5) is 0 Å². The Balaban J connectivity index is 2.59. The lowest BCUT2D eigenvalue weighted by atomic mass is 10.2. The molecule has 0 aliphatic heterocycles. The lowest BCUT2D eigenvalue weighted by molar-refractivity contribution is 0.367. The first-order valence-corrected chi connectivity index (χ1v) is 4.40. The van der Waals surface area contributed by atoms with E-state index >= 15 is 0 Å². The van der Waals surface area contributed by atoms with Crippen molar-refractivity contribution in [3.8, 4) is 6.07 Å². The van der Waals surface area contributed by atoms with Crippen LogP contribution >= 0.6 is 11.6 Å². The summed E-state index contributed by atoms with van der Waals surface area (Å²) in [5.41, 5.74) is 1.13. The van der Waals surface area contributed by atoms with Crippen molar-refractivity contribution >= 4 is 11.6 Å². The topological polar surface area (TPSA) is 27.0 Å². The molecule has 0 amide bonds. The van der Waals surface area contributed by atoms with Gasteiger partial charge >= 0.3 is 0 Å². The Kier molecular flexibility index (Phi) is 3.75. The van der Waals surface area contributed by atoms with Crippen molar-refractivity contribution in [2.75, 3.05) is 13.6 Å². The second-order valence-electron chi connectivity index (χ2n) is 2.96. The Morgan fingerprint density at radius 3 is 2.92 bits per heavy atom. The zero-order chi connectivity index (χ0) is 9.68. The maximum Gasteiger partial charge on any atom is 0.0866 e. The Morgan fingerprint density at radius 1 is 1.54 bits per heavy atom. The highest BCUT2D eigenvalue weighted by Gasteiger charge is 1.99. The van der Waals surface area contributed by atoms with Crippen LogP contribution in [0.3, 0.4) is 0 Å². The lowest BCUT2D eigenvalue weighted by Gasteiger charge is -2.11. The fraction of sp³-hybridized carbons (Fsp3) is 0.300. The molecule has 1 rings (SSSR count). The smallest absolute Gasteiger partial charge is 0.0866 e. The molecule has 0 atom stereocenters. The molecular weight excluding hydrogens is 184 g/mol. The van der Waals surface area contributed by atoms with Crippen LogP contribution in [0.1, 0.15) is 5.56 Å². The zero-order valence-electron chi connectivity index (χ0n) is 7.50. The van der Waals surface area contributed by atoms with Gasteiger partial charge < -0.3 is 0 Å². The largest absolute Gasteiger partial charge is 0.289 e. The highest BCUT2D eigenvalue weighted by Crippen LogP contribution is 2.11. The van der Waals surface area contributed by atoms with E-state index in [1.165, 1.54) is 0 Å². The second-order valence-corrected chi connectivity index (χ2v) is 3.40. The van der Waals surface area contributed by atoms with Gasteiger partial charge in [-0.15, -0.1) is 0 Å². The number of hydrogen-bond donors (Lipinski definition) is 0. The van der Waals surface area contributed by atoms with E-state index in [0.717, 1.165) is 17.1 Å². The molecule has 0 saturated heterocycles. The van der Waals surface area contributed by atoms with Gasteiger partial charge in [0.25, 0.3) is 0 Å². The molecule has 0 bridgehead atoms. The van der Waals surface area contributed by atoms with E-state index in [4.69, 9.17) is 16.9 Å². The third-order valence-electron chi connectivity index (χ3n) is 1.68. The van der Waals surface area contributed by atoms with Crippen LogP contribution in [0.25, 0.3) is 0 Å². The van der Waals surface area contributed by atoms with Gasteiger partial charge in [0.15, 0.2) is 0 Å². The standard InChI is InChI=1S/C10H11ClN2/c1-13(6-5-12)8-9-3-2-4-10(11)7-9/h2-4,7H,6,8H2,1H3. The third kappa shape index (κ3) is 3.45. The molecule has 1 aromatic rings. The van der Waals surface area contributed by atoms with Crippen molar-refractivity contribution in [2.24, 2.45) is 0 Å². The van der Waals surface area contributed by atoms with E-state index in [9.17, 15) is 0 Å². The summed E-state index contributed by atoms with van der Waals surface area (Å²) < 4.78 is 0. The number of halogens is 1. The molecule has 13 heavy (non-hydrogen) atoms. The zero-order valence-corrected chi connectivity index (χ0v) is 8.25. The Morgan fingerprint density at radius 2 is 2.31 bits per heavy atom. The van der Waals surface area contributed by atoms with E-state index < -0.39 is 0 Å². The van der Waals surface area contributed by atoms with Crippen molar-refractivity contribution in [3.63, 3.8) is 0 Å². The molecule has 0 heterocycles. The van der Waals surface area contributed by atoms with Crippen molar-refractivity contribution in [3.05, 3.63) is 34.9 Å². The Bertz CT molecular complexity index is 317. The molecular formula is C10H11ClN2. The van der Waals surface area contributed by atoms with Gasteiger partial charge in [0, 0.05) is 11.6 Å². The molecule has 0 N–H and O–H groups in total. The van der Waals surface area contributed by atoms with E-state index in [1.807, 2.05) is 36.2 Å². The van der Waals surface area contributed by atoms with Crippen LogP contribution in [-0.2, 0) is 6.54 Å². The van der Waals surface area contributed by atoms with E-state index in [-0.39, 0.29) is 0 Å². The first-order valence-electron chi connectivity index (χ1n) is 4.02. The van der Waals surface area contributed by atoms with E-state index in [1.54, 1.807) is 0 Å². The van der Waals surface area contributed by atoms with Gasteiger partial charge in [-0.1, -0.05) is 23.7 Å². The Labute approximate surface area is 83.3 Å². The molecule has 2 nitrogen and oxygen atoms in total. The average molecular weight is 195 g/mol. The molecule has 68 valence electrons. The summed E-state index contributed by atoms with van der Waals surface area (Å²) >= 11 is 5.82. The molecule has 0 fully saturated rings. The van der Waals surface area contributed by atoms with Crippen LogP contribution in [-0.4, -0.2) is 18.5 Å². The third-order valence-corrected chi connectivity index (χ3v) is 1.92. The second kappa shape index (κ2) is 4.86. The number of rotatable bonds is 3. The first-order chi connectivity index (χ1) is 6.22. The van der Waals surface area contributed by atoms with Gasteiger partial charge in [0.05, 0.1) is 12.6 Å². The maximum absolute atomic E-state index is 8.45. The fourth-order valence-electron chi connectivity index (χ4n) is 1.12. The Hall–Kier alpha value is -1.04. The van der Waals surface area contributed by atoms with Crippen molar-refractivity contribution in [1.29, 1.82) is 5.26 Å². The van der Waals surface area contributed by atoms with Gasteiger partial charge in [-0.25, -0.2) is 0 Å². The van der Waals surface area contributed by atoms with Crippen LogP contribution in [0.2, 0.25) is 5.02 Å². The van der Waals surface area contributed by atoms with Gasteiger partial charge in [0.1, 0.15) is 0 Å². The normalized spacial score (nSPS) is 10.0. The minimum absolute atomic E-state index is 0.437. The monoisotopic (exact) mass is 194 g/mol. The molecule has 0 aromatic heterocycles. The molecule has 0 spiro atoms. The summed E-state index contributed by atoms with van der Waals surface area (Å²) in [6.45, 7) is 1.20. The van der Waals surface area contributed by atoms with Crippen molar-refractivity contribution in [2.45, 2.75) is 6.54 Å². The summed E-state index contributed by atoms with van der Waals surface area (Å²) in [6, 6.07) is 9.76. The van der Waals surface area contributed by atoms with Gasteiger partial charge in [0.2, 0.25) is 0 Å². The summed E-state index contributed by atoms with van der Waals surface area (Å²) in [5, 5.41) is 9.19. The lowest BCUT2D eigenvalue weighted by Crippen LogP contribution is -2.17. The molecule has 1 aromatic carbocycles. The molecule has 0 saturated carbocycles. The maximum atomic E-state index is 8.45. The summed E-state index contributed by atoms with van der Waals surface area (Å²) in [5.74, 6) is 0. The quantitative estimate of drug-likeness (QED) is 0.691. The number of hydrogen-bond acceptors (Lipinski definition) is 2. The molecule has 0 aliphatic rings. The predicted molar refractivity (Wildman–Crippen MR) is 53.4 cm³/mol. The highest BCUT2D eigenvalue weighted by molar-refractivity contribution is 6.30. The van der Waals surface area contributed by atoms with Crippen molar-refractivity contribution < 1.29 is 0 Å². The minimum atomic E-state index is 0.437. The van der Waals surface area contributed by atoms with Crippen molar-refractivity contribution in [1.82, 2.24) is 4.90 Å². The van der Waals surface area contributed by atoms with Crippen LogP contribution in [0.15, 0.2) is 24.3 Å². The van der Waals surface area contributed by atoms with Crippen LogP contribution in [0.5, 0.6) is 0 Å². The van der Waals surface area contributed by atoms with Gasteiger partial charge in [-0.2, -0.15) is 5.26 Å². The number of benzene rings is 1. The van der Waals surface area contributed by atoms with Gasteiger partial charge in [-0.05, 0) is 24.7 Å². The molecule has 0 aliphatic carbocycles. The first kappa shape index (κ1) is 10.0. The number of nitriles is 1. The summed E-state index contributed by atoms with van der Waals surface area (Å²) in [7, 11) is 1.91. The van der Waals surface area contributed by atoms with E-state index in [0.29, 0.717) is 6.54 Å². The van der Waals surface area contributed by atoms with E-state index in [2.05, 4.69) is 6.07 Å². The van der Waals surface area contributed by atoms with Crippen LogP contribution in [0, 0.1) is 11.3 Å². The average Bonchev–Trinajstić information content (AvgIpc) is 2.04. The predicted octanol–water partition coefficient (Wildman–Crippen LogP) is 2.30. The van der Waals surface area contributed by atoms with Gasteiger partial charge in [-0.3, -0.25) is 4.90 Å². The van der Waals surface area contributed by atoms with Crippen LogP contribution < -0.4 is 0 Å². The highest BCUT2D eigenvalue weighted by atomic mass is 35.5. The minimum Gasteiger partial charge on any atom is -0.289 e. The summed E-state index contributed by atoms with van der Waals surface area (Å²) in [4.78, 5) is 1.94. The molecule has 0 radical (unpaired) electrons. The molecule has 3 heteroatoms. The molecule has 0 unspecified atom stereocenters. The fourth-order valence-corrected chi connectivity index (χ4v) is 1.34. The SMILES string of the molecule is CN(CC#N)Cc1cccc(Cl)c1. The number of nitrogens with zero attached hydrogens (tertiary/aromatic N) is 2. The summed E-state index contributed by atoms with van der Waals surface area (Å²) in [6.07, 6.45) is 0.